The summed E-state index contributed by atoms with van der Waals surface area (Å²) in [5.74, 6) is 0.309. The number of hydrogen-bond donors (Lipinski definition) is 1. The first-order chi connectivity index (χ1) is 11.1. The van der Waals surface area contributed by atoms with Gasteiger partial charge in [0.1, 0.15) is 0 Å². The van der Waals surface area contributed by atoms with Crippen LogP contribution in [-0.2, 0) is 16.1 Å². The second-order valence-corrected chi connectivity index (χ2v) is 6.70. The zero-order valence-electron chi connectivity index (χ0n) is 13.8. The first-order valence-corrected chi connectivity index (χ1v) is 8.19. The van der Waals surface area contributed by atoms with Crippen molar-refractivity contribution in [3.8, 4) is 0 Å². The first-order valence-electron chi connectivity index (χ1n) is 8.19. The van der Waals surface area contributed by atoms with E-state index >= 15 is 0 Å². The molecule has 0 aromatic heterocycles. The summed E-state index contributed by atoms with van der Waals surface area (Å²) >= 11 is 0. The maximum absolute atomic E-state index is 12.6. The first kappa shape index (κ1) is 16.0. The van der Waals surface area contributed by atoms with Crippen LogP contribution >= 0.6 is 0 Å². The number of benzene rings is 1. The minimum atomic E-state index is -0.0968. The van der Waals surface area contributed by atoms with Gasteiger partial charge >= 0.3 is 0 Å². The minimum absolute atomic E-state index is 0.0968. The molecule has 1 aromatic carbocycles. The largest absolute Gasteiger partial charge is 0.381 e. The zero-order chi connectivity index (χ0) is 16.4. The van der Waals surface area contributed by atoms with Crippen LogP contribution in [0, 0.1) is 11.3 Å². The van der Waals surface area contributed by atoms with Crippen LogP contribution in [0.25, 0.3) is 0 Å². The van der Waals surface area contributed by atoms with E-state index in [1.807, 2.05) is 24.1 Å². The van der Waals surface area contributed by atoms with Gasteiger partial charge in [-0.15, -0.1) is 0 Å². The van der Waals surface area contributed by atoms with E-state index in [4.69, 9.17) is 4.74 Å². The number of nitrogens with one attached hydrogen (secondary N) is 1. The number of nitrogens with zero attached hydrogens (tertiary/aromatic N) is 1. The highest BCUT2D eigenvalue weighted by Crippen LogP contribution is 2.59. The Morgan fingerprint density at radius 3 is 2.52 bits per heavy atom. The average Bonchev–Trinajstić information content (AvgIpc) is 3.27. The maximum Gasteiger partial charge on any atom is 0.251 e. The molecule has 1 atom stereocenters. The van der Waals surface area contributed by atoms with Crippen molar-refractivity contribution in [2.45, 2.75) is 25.8 Å². The molecule has 1 aromatic rings. The molecule has 0 radical (unpaired) electrons. The Balaban J connectivity index is 1.57. The van der Waals surface area contributed by atoms with Crippen molar-refractivity contribution in [1.29, 1.82) is 0 Å². The Bertz CT molecular complexity index is 591. The monoisotopic (exact) mass is 316 g/mol. The fraction of sp³-hybridized carbons (Fsp3) is 0.556. The van der Waals surface area contributed by atoms with Crippen molar-refractivity contribution in [3.05, 3.63) is 35.4 Å². The summed E-state index contributed by atoms with van der Waals surface area (Å²) in [6, 6.07) is 7.41. The van der Waals surface area contributed by atoms with E-state index in [9.17, 15) is 9.59 Å². The van der Waals surface area contributed by atoms with Gasteiger partial charge in [0.25, 0.3) is 5.91 Å². The summed E-state index contributed by atoms with van der Waals surface area (Å²) in [7, 11) is 3.48. The second-order valence-electron chi connectivity index (χ2n) is 6.70. The van der Waals surface area contributed by atoms with Crippen molar-refractivity contribution < 1.29 is 14.3 Å². The van der Waals surface area contributed by atoms with Crippen LogP contribution in [0.5, 0.6) is 0 Å². The van der Waals surface area contributed by atoms with E-state index in [2.05, 4.69) is 5.32 Å². The topological polar surface area (TPSA) is 58.6 Å². The predicted octanol–water partition coefficient (Wildman–Crippen LogP) is 1.82. The Labute approximate surface area is 137 Å². The highest BCUT2D eigenvalue weighted by Gasteiger charge is 2.58. The molecule has 2 fully saturated rings. The van der Waals surface area contributed by atoms with Crippen LogP contribution in [0.1, 0.15) is 35.2 Å². The fourth-order valence-corrected chi connectivity index (χ4v) is 3.55. The molecule has 5 nitrogen and oxygen atoms in total. The Morgan fingerprint density at radius 1 is 1.26 bits per heavy atom. The molecule has 5 heteroatoms. The molecule has 1 saturated heterocycles. The Kier molecular flexibility index (Phi) is 4.39. The molecule has 1 aliphatic carbocycles. The van der Waals surface area contributed by atoms with Gasteiger partial charge in [-0.3, -0.25) is 9.59 Å². The van der Waals surface area contributed by atoms with Crippen molar-refractivity contribution in [3.63, 3.8) is 0 Å². The molecule has 1 saturated carbocycles. The molecule has 1 heterocycles. The van der Waals surface area contributed by atoms with Gasteiger partial charge in [-0.05, 0) is 42.4 Å². The molecule has 3 rings (SSSR count). The molecule has 1 unspecified atom stereocenters. The molecule has 1 aliphatic heterocycles. The summed E-state index contributed by atoms with van der Waals surface area (Å²) in [4.78, 5) is 26.0. The molecule has 124 valence electrons. The number of carbonyl (C=O) groups is 2. The van der Waals surface area contributed by atoms with Gasteiger partial charge in [0, 0.05) is 45.3 Å². The van der Waals surface area contributed by atoms with Gasteiger partial charge in [-0.25, -0.2) is 0 Å². The predicted molar refractivity (Wildman–Crippen MR) is 86.9 cm³/mol. The lowest BCUT2D eigenvalue weighted by atomic mass is 9.93. The Hall–Kier alpha value is -1.88. The molecule has 2 amide bonds. The standard InChI is InChI=1S/C18H24N2O3/c1-19-16(21)14-5-3-13(4-6-14)12-20(2)17(22)15-11-18(15)7-9-23-10-8-18/h3-6,15H,7-12H2,1-2H3,(H,19,21). The van der Waals surface area contributed by atoms with E-state index in [1.165, 1.54) is 0 Å². The fourth-order valence-electron chi connectivity index (χ4n) is 3.55. The summed E-state index contributed by atoms with van der Waals surface area (Å²) in [6.07, 6.45) is 3.03. The third-order valence-electron chi connectivity index (χ3n) is 5.22. The molecule has 2 aliphatic rings. The van der Waals surface area contributed by atoms with Gasteiger partial charge in [0.2, 0.25) is 5.91 Å². The van der Waals surface area contributed by atoms with Crippen LogP contribution in [0.15, 0.2) is 24.3 Å². The Morgan fingerprint density at radius 2 is 1.91 bits per heavy atom. The van der Waals surface area contributed by atoms with Crippen molar-refractivity contribution >= 4 is 11.8 Å². The normalized spacial score (nSPS) is 21.7. The van der Waals surface area contributed by atoms with Crippen molar-refractivity contribution in [1.82, 2.24) is 10.2 Å². The van der Waals surface area contributed by atoms with Crippen molar-refractivity contribution in [2.75, 3.05) is 27.3 Å². The molecule has 1 spiro atoms. The molecule has 0 bridgehead atoms. The van der Waals surface area contributed by atoms with E-state index in [-0.39, 0.29) is 23.1 Å². The van der Waals surface area contributed by atoms with Gasteiger partial charge < -0.3 is 15.0 Å². The number of amides is 2. The number of carbonyl (C=O) groups excluding carboxylic acids is 2. The summed E-state index contributed by atoms with van der Waals surface area (Å²) in [5.41, 5.74) is 1.89. The van der Waals surface area contributed by atoms with E-state index in [1.54, 1.807) is 19.2 Å². The van der Waals surface area contributed by atoms with Gasteiger partial charge in [0.15, 0.2) is 0 Å². The summed E-state index contributed by atoms with van der Waals surface area (Å²) in [5, 5.41) is 2.60. The highest BCUT2D eigenvalue weighted by atomic mass is 16.5. The average molecular weight is 316 g/mol. The second kappa shape index (κ2) is 6.32. The summed E-state index contributed by atoms with van der Waals surface area (Å²) in [6.45, 7) is 2.15. The summed E-state index contributed by atoms with van der Waals surface area (Å²) < 4.78 is 5.41. The quantitative estimate of drug-likeness (QED) is 0.922. The third kappa shape index (κ3) is 3.24. The van der Waals surface area contributed by atoms with E-state index < -0.39 is 0 Å². The third-order valence-corrected chi connectivity index (χ3v) is 5.22. The SMILES string of the molecule is CNC(=O)c1ccc(CN(C)C(=O)C2CC23CCOCC3)cc1. The van der Waals surface area contributed by atoms with Crippen LogP contribution < -0.4 is 5.32 Å². The number of rotatable bonds is 4. The maximum atomic E-state index is 12.6. The highest BCUT2D eigenvalue weighted by molar-refractivity contribution is 5.93. The zero-order valence-corrected chi connectivity index (χ0v) is 13.8. The van der Waals surface area contributed by atoms with E-state index in [0.717, 1.165) is 38.0 Å². The van der Waals surface area contributed by atoms with Gasteiger partial charge in [-0.1, -0.05) is 12.1 Å². The number of ether oxygens (including phenoxy) is 1. The van der Waals surface area contributed by atoms with Crippen LogP contribution in [0.3, 0.4) is 0 Å². The van der Waals surface area contributed by atoms with Crippen LogP contribution in [0.4, 0.5) is 0 Å². The minimum Gasteiger partial charge on any atom is -0.381 e. The lowest BCUT2D eigenvalue weighted by Gasteiger charge is -2.24. The van der Waals surface area contributed by atoms with Crippen molar-refractivity contribution in [2.24, 2.45) is 11.3 Å². The lowest BCUT2D eigenvalue weighted by Crippen LogP contribution is -2.31. The van der Waals surface area contributed by atoms with E-state index in [0.29, 0.717) is 12.1 Å². The van der Waals surface area contributed by atoms with Crippen LogP contribution in [0.2, 0.25) is 0 Å². The molecular formula is C18H24N2O3. The smallest absolute Gasteiger partial charge is 0.251 e. The molecule has 23 heavy (non-hydrogen) atoms. The number of hydrogen-bond acceptors (Lipinski definition) is 3. The molecule has 1 N–H and O–H groups in total. The van der Waals surface area contributed by atoms with Gasteiger partial charge in [0.05, 0.1) is 0 Å². The lowest BCUT2D eigenvalue weighted by molar-refractivity contribution is -0.133. The molecular weight excluding hydrogens is 292 g/mol. The van der Waals surface area contributed by atoms with Gasteiger partial charge in [-0.2, -0.15) is 0 Å². The van der Waals surface area contributed by atoms with Crippen LogP contribution in [-0.4, -0.2) is 44.0 Å².